The van der Waals surface area contributed by atoms with Crippen LogP contribution in [0.1, 0.15) is 32.3 Å². The van der Waals surface area contributed by atoms with Gasteiger partial charge in [-0.05, 0) is 44.4 Å². The highest BCUT2D eigenvalue weighted by atomic mass is 35.5. The second-order valence-electron chi connectivity index (χ2n) is 5.99. The monoisotopic (exact) mass is 355 g/mol. The van der Waals surface area contributed by atoms with Crippen LogP contribution in [0.2, 0.25) is 10.0 Å². The number of aliphatic carboxylic acids is 1. The Labute approximate surface area is 145 Å². The van der Waals surface area contributed by atoms with E-state index in [0.29, 0.717) is 29.4 Å². The normalized spacial score (nSPS) is 21.2. The largest absolute Gasteiger partial charge is 0.481 e. The van der Waals surface area contributed by atoms with Gasteiger partial charge in [-0.25, -0.2) is 0 Å². The van der Waals surface area contributed by atoms with Crippen molar-refractivity contribution >= 4 is 35.1 Å². The lowest BCUT2D eigenvalue weighted by molar-refractivity contribution is -0.147. The standard InChI is InChI=1S/C17H19Cl2NO3/c1-9-5-12(13(17(22)23)6-10(9)2)16(21)20-8-11-3-4-14(18)15(19)7-11/h3-4,7,12-13H,5-6,8H2,1-2H3,(H,20,21)(H,22,23)/t12-,13+/m0/s1. The van der Waals surface area contributed by atoms with Gasteiger partial charge in [-0.15, -0.1) is 0 Å². The lowest BCUT2D eigenvalue weighted by atomic mass is 9.76. The lowest BCUT2D eigenvalue weighted by Crippen LogP contribution is -2.39. The van der Waals surface area contributed by atoms with Gasteiger partial charge in [0.25, 0.3) is 0 Å². The first-order chi connectivity index (χ1) is 10.8. The Morgan fingerprint density at radius 1 is 1.13 bits per heavy atom. The molecule has 0 aromatic heterocycles. The smallest absolute Gasteiger partial charge is 0.307 e. The number of carboxylic acids is 1. The Morgan fingerprint density at radius 3 is 2.30 bits per heavy atom. The maximum absolute atomic E-state index is 12.4. The summed E-state index contributed by atoms with van der Waals surface area (Å²) in [7, 11) is 0. The van der Waals surface area contributed by atoms with Gasteiger partial charge in [-0.2, -0.15) is 0 Å². The summed E-state index contributed by atoms with van der Waals surface area (Å²) in [6, 6.07) is 5.14. The number of carbonyl (C=O) groups excluding carboxylic acids is 1. The number of allylic oxidation sites excluding steroid dienone is 2. The van der Waals surface area contributed by atoms with Crippen LogP contribution < -0.4 is 5.32 Å². The topological polar surface area (TPSA) is 66.4 Å². The van der Waals surface area contributed by atoms with E-state index in [1.54, 1.807) is 18.2 Å². The third kappa shape index (κ3) is 4.27. The number of benzene rings is 1. The summed E-state index contributed by atoms with van der Waals surface area (Å²) in [6.07, 6.45) is 0.905. The molecule has 23 heavy (non-hydrogen) atoms. The fourth-order valence-corrected chi connectivity index (χ4v) is 3.12. The Balaban J connectivity index is 2.06. The number of hydrogen-bond acceptors (Lipinski definition) is 2. The molecule has 2 N–H and O–H groups in total. The maximum Gasteiger partial charge on any atom is 0.307 e. The average Bonchev–Trinajstić information content (AvgIpc) is 2.50. The number of carbonyl (C=O) groups is 2. The van der Waals surface area contributed by atoms with E-state index in [-0.39, 0.29) is 5.91 Å². The first kappa shape index (κ1) is 17.8. The molecule has 2 rings (SSSR count). The van der Waals surface area contributed by atoms with Crippen molar-refractivity contribution < 1.29 is 14.7 Å². The SMILES string of the molecule is CC1=C(C)C[C@@H](C(=O)O)[C@@H](C(=O)NCc2ccc(Cl)c(Cl)c2)C1. The Morgan fingerprint density at radius 2 is 1.74 bits per heavy atom. The van der Waals surface area contributed by atoms with E-state index in [1.165, 1.54) is 0 Å². The van der Waals surface area contributed by atoms with Crippen LogP contribution in [0.25, 0.3) is 0 Å². The van der Waals surface area contributed by atoms with Crippen molar-refractivity contribution in [2.75, 3.05) is 0 Å². The van der Waals surface area contributed by atoms with E-state index < -0.39 is 17.8 Å². The highest BCUT2D eigenvalue weighted by Gasteiger charge is 2.37. The molecule has 6 heteroatoms. The molecule has 0 radical (unpaired) electrons. The molecule has 1 aliphatic rings. The van der Waals surface area contributed by atoms with Gasteiger partial charge < -0.3 is 10.4 Å². The summed E-state index contributed by atoms with van der Waals surface area (Å²) in [6.45, 7) is 4.17. The second-order valence-corrected chi connectivity index (χ2v) is 6.80. The minimum absolute atomic E-state index is 0.240. The van der Waals surface area contributed by atoms with E-state index in [9.17, 15) is 14.7 Å². The van der Waals surface area contributed by atoms with Crippen LogP contribution in [0.15, 0.2) is 29.3 Å². The highest BCUT2D eigenvalue weighted by Crippen LogP contribution is 2.34. The molecular weight excluding hydrogens is 337 g/mol. The molecule has 124 valence electrons. The Kier molecular flexibility index (Phi) is 5.71. The average molecular weight is 356 g/mol. The van der Waals surface area contributed by atoms with Gasteiger partial charge in [0.2, 0.25) is 5.91 Å². The molecule has 0 saturated heterocycles. The number of halogens is 2. The van der Waals surface area contributed by atoms with Crippen molar-refractivity contribution in [1.29, 1.82) is 0 Å². The molecule has 0 unspecified atom stereocenters. The van der Waals surface area contributed by atoms with Crippen LogP contribution in [0.5, 0.6) is 0 Å². The first-order valence-corrected chi connectivity index (χ1v) is 8.15. The van der Waals surface area contributed by atoms with Gasteiger partial charge in [-0.1, -0.05) is 40.4 Å². The fourth-order valence-electron chi connectivity index (χ4n) is 2.80. The molecule has 1 amide bonds. The van der Waals surface area contributed by atoms with E-state index in [2.05, 4.69) is 5.32 Å². The summed E-state index contributed by atoms with van der Waals surface area (Å²) in [4.78, 5) is 23.9. The molecule has 0 aliphatic heterocycles. The molecule has 0 spiro atoms. The predicted octanol–water partition coefficient (Wildman–Crippen LogP) is 4.06. The van der Waals surface area contributed by atoms with E-state index in [1.807, 2.05) is 13.8 Å². The number of amides is 1. The van der Waals surface area contributed by atoms with Crippen LogP contribution in [0, 0.1) is 11.8 Å². The summed E-state index contributed by atoms with van der Waals surface area (Å²) >= 11 is 11.8. The molecule has 1 aromatic carbocycles. The number of carboxylic acid groups (broad SMARTS) is 1. The number of rotatable bonds is 4. The Hall–Kier alpha value is -1.52. The highest BCUT2D eigenvalue weighted by molar-refractivity contribution is 6.42. The lowest BCUT2D eigenvalue weighted by Gasteiger charge is -2.29. The number of nitrogens with one attached hydrogen (secondary N) is 1. The Bertz CT molecular complexity index is 670. The van der Waals surface area contributed by atoms with Gasteiger partial charge in [0, 0.05) is 6.54 Å². The molecule has 0 heterocycles. The molecule has 0 fully saturated rings. The van der Waals surface area contributed by atoms with Crippen molar-refractivity contribution in [2.45, 2.75) is 33.2 Å². The maximum atomic E-state index is 12.4. The van der Waals surface area contributed by atoms with Crippen LogP contribution in [-0.2, 0) is 16.1 Å². The van der Waals surface area contributed by atoms with Crippen molar-refractivity contribution in [2.24, 2.45) is 11.8 Å². The van der Waals surface area contributed by atoms with E-state index in [4.69, 9.17) is 23.2 Å². The van der Waals surface area contributed by atoms with Gasteiger partial charge >= 0.3 is 5.97 Å². The van der Waals surface area contributed by atoms with Gasteiger partial charge in [0.1, 0.15) is 0 Å². The van der Waals surface area contributed by atoms with Crippen molar-refractivity contribution in [3.05, 3.63) is 45.0 Å². The summed E-state index contributed by atoms with van der Waals surface area (Å²) in [5.74, 6) is -2.38. The molecule has 0 bridgehead atoms. The van der Waals surface area contributed by atoms with Crippen LogP contribution >= 0.6 is 23.2 Å². The fraction of sp³-hybridized carbons (Fsp3) is 0.412. The van der Waals surface area contributed by atoms with E-state index in [0.717, 1.165) is 16.7 Å². The summed E-state index contributed by atoms with van der Waals surface area (Å²) in [5, 5.41) is 13.1. The van der Waals surface area contributed by atoms with Crippen LogP contribution in [0.3, 0.4) is 0 Å². The predicted molar refractivity (Wildman–Crippen MR) is 90.5 cm³/mol. The zero-order chi connectivity index (χ0) is 17.1. The van der Waals surface area contributed by atoms with Crippen molar-refractivity contribution in [3.63, 3.8) is 0 Å². The van der Waals surface area contributed by atoms with Crippen molar-refractivity contribution in [3.8, 4) is 0 Å². The molecule has 4 nitrogen and oxygen atoms in total. The second kappa shape index (κ2) is 7.37. The minimum Gasteiger partial charge on any atom is -0.481 e. The van der Waals surface area contributed by atoms with E-state index >= 15 is 0 Å². The zero-order valence-corrected chi connectivity index (χ0v) is 14.5. The third-order valence-electron chi connectivity index (χ3n) is 4.37. The zero-order valence-electron chi connectivity index (χ0n) is 13.0. The summed E-state index contributed by atoms with van der Waals surface area (Å²) in [5.41, 5.74) is 2.97. The third-order valence-corrected chi connectivity index (χ3v) is 5.11. The molecule has 2 atom stereocenters. The summed E-state index contributed by atoms with van der Waals surface area (Å²) < 4.78 is 0. The number of hydrogen-bond donors (Lipinski definition) is 2. The van der Waals surface area contributed by atoms with Gasteiger partial charge in [0.05, 0.1) is 21.9 Å². The molecular formula is C17H19Cl2NO3. The quantitative estimate of drug-likeness (QED) is 0.800. The molecule has 0 saturated carbocycles. The van der Waals surface area contributed by atoms with Gasteiger partial charge in [-0.3, -0.25) is 9.59 Å². The first-order valence-electron chi connectivity index (χ1n) is 7.39. The molecule has 1 aliphatic carbocycles. The van der Waals surface area contributed by atoms with Crippen LogP contribution in [-0.4, -0.2) is 17.0 Å². The van der Waals surface area contributed by atoms with Gasteiger partial charge in [0.15, 0.2) is 0 Å². The molecule has 1 aromatic rings. The van der Waals surface area contributed by atoms with Crippen LogP contribution in [0.4, 0.5) is 0 Å². The van der Waals surface area contributed by atoms with Crippen molar-refractivity contribution in [1.82, 2.24) is 5.32 Å². The minimum atomic E-state index is -0.925.